The molecule has 10 heteroatoms. The molecule has 0 spiro atoms. The predicted octanol–water partition coefficient (Wildman–Crippen LogP) is 5.14. The van der Waals surface area contributed by atoms with Gasteiger partial charge in [-0.05, 0) is 69.3 Å². The van der Waals surface area contributed by atoms with Crippen molar-refractivity contribution in [3.05, 3.63) is 60.0 Å². The van der Waals surface area contributed by atoms with E-state index in [0.29, 0.717) is 17.1 Å². The zero-order chi connectivity index (χ0) is 22.8. The van der Waals surface area contributed by atoms with Crippen LogP contribution in [-0.2, 0) is 11.0 Å². The molecule has 0 saturated carbocycles. The quantitative estimate of drug-likeness (QED) is 0.548. The summed E-state index contributed by atoms with van der Waals surface area (Å²) in [4.78, 5) is 11.1. The van der Waals surface area contributed by atoms with Gasteiger partial charge in [0.05, 0.1) is 5.56 Å². The fourth-order valence-electron chi connectivity index (χ4n) is 2.50. The Balaban J connectivity index is 1.66. The lowest BCUT2D eigenvalue weighted by Crippen LogP contribution is -2.37. The molecule has 0 saturated heterocycles. The Hall–Kier alpha value is -3.56. The lowest BCUT2D eigenvalue weighted by molar-refractivity contribution is -0.152. The van der Waals surface area contributed by atoms with Crippen molar-refractivity contribution in [2.75, 3.05) is 0 Å². The van der Waals surface area contributed by atoms with Gasteiger partial charge in [-0.3, -0.25) is 0 Å². The van der Waals surface area contributed by atoms with Crippen LogP contribution in [0.15, 0.2) is 52.9 Å². The maximum atomic E-state index is 12.7. The molecule has 1 atom stereocenters. The number of carboxylic acid groups (broad SMARTS) is 1. The van der Waals surface area contributed by atoms with Crippen LogP contribution in [-0.4, -0.2) is 26.9 Å². The van der Waals surface area contributed by atoms with Crippen molar-refractivity contribution in [3.8, 4) is 23.0 Å². The average Bonchev–Trinajstić information content (AvgIpc) is 3.19. The van der Waals surface area contributed by atoms with Gasteiger partial charge in [0, 0.05) is 5.56 Å². The number of aliphatic carboxylic acids is 1. The number of aromatic nitrogens is 2. The largest absolute Gasteiger partial charge is 0.481 e. The van der Waals surface area contributed by atoms with Crippen LogP contribution in [0.3, 0.4) is 0 Å². The smallest absolute Gasteiger partial charge is 0.416 e. The molecule has 3 rings (SSSR count). The number of carbonyl (C=O) groups is 1. The van der Waals surface area contributed by atoms with Crippen LogP contribution in [0.25, 0.3) is 11.5 Å². The second-order valence-corrected chi connectivity index (χ2v) is 7.17. The minimum absolute atomic E-state index is 0.0684. The molecule has 7 nitrogen and oxygen atoms in total. The van der Waals surface area contributed by atoms with Crippen molar-refractivity contribution < 1.29 is 37.0 Å². The minimum atomic E-state index is -4.43. The normalized spacial score (nSPS) is 13.0. The number of alkyl halides is 3. The van der Waals surface area contributed by atoms with E-state index in [9.17, 15) is 18.0 Å². The van der Waals surface area contributed by atoms with E-state index in [2.05, 4.69) is 10.2 Å². The molecule has 1 aromatic heterocycles. The number of halogens is 3. The third-order valence-electron chi connectivity index (χ3n) is 4.27. The van der Waals surface area contributed by atoms with Crippen molar-refractivity contribution in [2.45, 2.75) is 38.7 Å². The van der Waals surface area contributed by atoms with Gasteiger partial charge in [-0.15, -0.1) is 10.2 Å². The molecule has 3 aromatic rings. The number of benzene rings is 2. The summed E-state index contributed by atoms with van der Waals surface area (Å²) >= 11 is 0. The summed E-state index contributed by atoms with van der Waals surface area (Å²) in [6, 6.07) is 10.7. The van der Waals surface area contributed by atoms with Gasteiger partial charge in [0.1, 0.15) is 11.5 Å². The highest BCUT2D eigenvalue weighted by Crippen LogP contribution is 2.31. The third-order valence-corrected chi connectivity index (χ3v) is 4.27. The van der Waals surface area contributed by atoms with Gasteiger partial charge in [0.25, 0.3) is 5.89 Å². The first-order valence-corrected chi connectivity index (χ1v) is 9.16. The molecule has 31 heavy (non-hydrogen) atoms. The SMILES string of the molecule is CC(Oc1ccc(OC(C)(C)C(=O)O)cc1)c1nnc(-c2ccc(C(F)(F)F)cc2)o1. The van der Waals surface area contributed by atoms with E-state index in [1.165, 1.54) is 26.0 Å². The van der Waals surface area contributed by atoms with Crippen LogP contribution in [0.1, 0.15) is 38.3 Å². The Morgan fingerprint density at radius 2 is 1.58 bits per heavy atom. The summed E-state index contributed by atoms with van der Waals surface area (Å²) in [5.41, 5.74) is -1.80. The molecule has 0 amide bonds. The first kappa shape index (κ1) is 22.1. The standard InChI is InChI=1S/C21H19F3N2O5/c1-12(29-15-8-10-16(11-9-15)31-20(2,3)19(27)28)17-25-26-18(30-17)13-4-6-14(7-5-13)21(22,23)24/h4-12H,1-3H3,(H,27,28). The maximum absolute atomic E-state index is 12.7. The van der Waals surface area contributed by atoms with Crippen molar-refractivity contribution in [1.82, 2.24) is 10.2 Å². The molecule has 1 unspecified atom stereocenters. The fraction of sp³-hybridized carbons (Fsp3) is 0.286. The van der Waals surface area contributed by atoms with Crippen molar-refractivity contribution in [3.63, 3.8) is 0 Å². The predicted molar refractivity (Wildman–Crippen MR) is 103 cm³/mol. The number of ether oxygens (including phenoxy) is 2. The Morgan fingerprint density at radius 3 is 2.13 bits per heavy atom. The number of carboxylic acids is 1. The molecule has 2 aromatic carbocycles. The van der Waals surface area contributed by atoms with Crippen LogP contribution < -0.4 is 9.47 Å². The topological polar surface area (TPSA) is 94.7 Å². The molecule has 0 bridgehead atoms. The summed E-state index contributed by atoms with van der Waals surface area (Å²) in [7, 11) is 0. The van der Waals surface area contributed by atoms with Gasteiger partial charge < -0.3 is 19.0 Å². The molecule has 0 aliphatic rings. The van der Waals surface area contributed by atoms with Crippen LogP contribution in [0.5, 0.6) is 11.5 Å². The second-order valence-electron chi connectivity index (χ2n) is 7.17. The van der Waals surface area contributed by atoms with Crippen LogP contribution in [0.4, 0.5) is 13.2 Å². The zero-order valence-corrected chi connectivity index (χ0v) is 16.8. The monoisotopic (exact) mass is 436 g/mol. The highest BCUT2D eigenvalue weighted by Gasteiger charge is 2.30. The van der Waals surface area contributed by atoms with E-state index in [4.69, 9.17) is 19.0 Å². The molecule has 164 valence electrons. The Labute approximate surface area is 175 Å². The van der Waals surface area contributed by atoms with Gasteiger partial charge in [0.15, 0.2) is 11.7 Å². The zero-order valence-electron chi connectivity index (χ0n) is 16.8. The summed E-state index contributed by atoms with van der Waals surface area (Å²) in [5.74, 6) is -0.0835. The van der Waals surface area contributed by atoms with Crippen molar-refractivity contribution in [1.29, 1.82) is 0 Å². The first-order valence-electron chi connectivity index (χ1n) is 9.16. The molecule has 0 radical (unpaired) electrons. The number of hydrogen-bond donors (Lipinski definition) is 1. The van der Waals surface area contributed by atoms with E-state index in [0.717, 1.165) is 12.1 Å². The minimum Gasteiger partial charge on any atom is -0.481 e. The molecular weight excluding hydrogens is 417 g/mol. The average molecular weight is 436 g/mol. The Bertz CT molecular complexity index is 1040. The molecular formula is C21H19F3N2O5. The van der Waals surface area contributed by atoms with Gasteiger partial charge in [-0.2, -0.15) is 13.2 Å². The van der Waals surface area contributed by atoms with Crippen LogP contribution >= 0.6 is 0 Å². The number of hydrogen-bond acceptors (Lipinski definition) is 6. The number of rotatable bonds is 7. The summed E-state index contributed by atoms with van der Waals surface area (Å²) in [6.45, 7) is 4.54. The number of nitrogens with zero attached hydrogens (tertiary/aromatic N) is 2. The van der Waals surface area contributed by atoms with Gasteiger partial charge >= 0.3 is 12.1 Å². The summed E-state index contributed by atoms with van der Waals surface area (Å²) in [6.07, 6.45) is -5.07. The lowest BCUT2D eigenvalue weighted by atomic mass is 10.1. The molecule has 0 fully saturated rings. The molecule has 0 aliphatic heterocycles. The van der Waals surface area contributed by atoms with Crippen LogP contribution in [0.2, 0.25) is 0 Å². The summed E-state index contributed by atoms with van der Waals surface area (Å²) in [5, 5.41) is 16.9. The third kappa shape index (κ3) is 5.33. The second kappa shape index (κ2) is 8.29. The van der Waals surface area contributed by atoms with E-state index in [-0.39, 0.29) is 11.8 Å². The van der Waals surface area contributed by atoms with Crippen molar-refractivity contribution >= 4 is 5.97 Å². The van der Waals surface area contributed by atoms with Gasteiger partial charge in [-0.25, -0.2) is 4.79 Å². The van der Waals surface area contributed by atoms with Crippen LogP contribution in [0, 0.1) is 0 Å². The van der Waals surface area contributed by atoms with E-state index >= 15 is 0 Å². The van der Waals surface area contributed by atoms with E-state index < -0.39 is 29.4 Å². The summed E-state index contributed by atoms with van der Waals surface area (Å²) < 4.78 is 54.7. The Kier molecular flexibility index (Phi) is 5.92. The van der Waals surface area contributed by atoms with Gasteiger partial charge in [0.2, 0.25) is 5.89 Å². The highest BCUT2D eigenvalue weighted by atomic mass is 19.4. The fourth-order valence-corrected chi connectivity index (χ4v) is 2.50. The molecule has 1 N–H and O–H groups in total. The molecule has 0 aliphatic carbocycles. The maximum Gasteiger partial charge on any atom is 0.416 e. The molecule has 1 heterocycles. The lowest BCUT2D eigenvalue weighted by Gasteiger charge is -2.21. The Morgan fingerprint density at radius 1 is 1.00 bits per heavy atom. The van der Waals surface area contributed by atoms with Gasteiger partial charge in [-0.1, -0.05) is 0 Å². The first-order chi connectivity index (χ1) is 14.5. The van der Waals surface area contributed by atoms with E-state index in [1.54, 1.807) is 31.2 Å². The highest BCUT2D eigenvalue weighted by molar-refractivity contribution is 5.76. The van der Waals surface area contributed by atoms with E-state index in [1.807, 2.05) is 0 Å². The van der Waals surface area contributed by atoms with Crippen molar-refractivity contribution in [2.24, 2.45) is 0 Å².